The summed E-state index contributed by atoms with van der Waals surface area (Å²) in [6.07, 6.45) is 1.49. The van der Waals surface area contributed by atoms with E-state index in [0.29, 0.717) is 17.0 Å². The summed E-state index contributed by atoms with van der Waals surface area (Å²) in [6, 6.07) is 3.42. The van der Waals surface area contributed by atoms with E-state index in [1.54, 1.807) is 32.9 Å². The van der Waals surface area contributed by atoms with E-state index in [1.807, 2.05) is 0 Å². The Balaban J connectivity index is 1.86. The van der Waals surface area contributed by atoms with Gasteiger partial charge in [-0.15, -0.1) is 0 Å². The SMILES string of the molecule is CCOC(=O)c1c(C)[nH]c(C(=O)OCC(=O)N(C)CC(=O)NCc2ccco2)c1C. The number of aryl methyl sites for hydroxylation is 1. The molecule has 0 bridgehead atoms. The lowest BCUT2D eigenvalue weighted by Gasteiger charge is -2.16. The number of aromatic nitrogens is 1. The smallest absolute Gasteiger partial charge is 0.355 e. The number of carbonyl (C=O) groups is 4. The summed E-state index contributed by atoms with van der Waals surface area (Å²) in [5, 5.41) is 2.62. The van der Waals surface area contributed by atoms with E-state index in [-0.39, 0.29) is 36.9 Å². The maximum Gasteiger partial charge on any atom is 0.355 e. The fourth-order valence-electron chi connectivity index (χ4n) is 2.73. The Labute approximate surface area is 173 Å². The molecule has 162 valence electrons. The minimum absolute atomic E-state index is 0.0715. The van der Waals surface area contributed by atoms with Gasteiger partial charge in [0.05, 0.1) is 31.5 Å². The predicted octanol–water partition coefficient (Wildman–Crippen LogP) is 1.33. The number of hydrogen-bond donors (Lipinski definition) is 2. The zero-order valence-corrected chi connectivity index (χ0v) is 17.4. The molecule has 2 amide bonds. The number of nitrogens with one attached hydrogen (secondary N) is 2. The first-order valence-electron chi connectivity index (χ1n) is 9.31. The topological polar surface area (TPSA) is 131 Å². The lowest BCUT2D eigenvalue weighted by Crippen LogP contribution is -2.39. The molecule has 0 aliphatic heterocycles. The molecule has 0 aromatic carbocycles. The van der Waals surface area contributed by atoms with Crippen LogP contribution < -0.4 is 5.32 Å². The third-order valence-corrected chi connectivity index (χ3v) is 4.29. The highest BCUT2D eigenvalue weighted by atomic mass is 16.5. The van der Waals surface area contributed by atoms with Crippen LogP contribution in [0.1, 0.15) is 44.8 Å². The van der Waals surface area contributed by atoms with Crippen LogP contribution in [0.2, 0.25) is 0 Å². The Morgan fingerprint density at radius 3 is 2.53 bits per heavy atom. The Hall–Kier alpha value is -3.56. The monoisotopic (exact) mass is 419 g/mol. The average Bonchev–Trinajstić information content (AvgIpc) is 3.32. The summed E-state index contributed by atoms with van der Waals surface area (Å²) in [6.45, 7) is 4.57. The highest BCUT2D eigenvalue weighted by Crippen LogP contribution is 2.19. The van der Waals surface area contributed by atoms with Crippen molar-refractivity contribution in [2.24, 2.45) is 0 Å². The first-order valence-corrected chi connectivity index (χ1v) is 9.31. The van der Waals surface area contributed by atoms with Crippen molar-refractivity contribution < 1.29 is 33.1 Å². The predicted molar refractivity (Wildman–Crippen MR) is 105 cm³/mol. The summed E-state index contributed by atoms with van der Waals surface area (Å²) in [4.78, 5) is 52.3. The van der Waals surface area contributed by atoms with E-state index in [0.717, 1.165) is 4.90 Å². The number of H-pyrrole nitrogens is 1. The molecule has 0 fully saturated rings. The molecule has 0 radical (unpaired) electrons. The molecular formula is C20H25N3O7. The number of rotatable bonds is 9. The third-order valence-electron chi connectivity index (χ3n) is 4.29. The van der Waals surface area contributed by atoms with Gasteiger partial charge in [0.15, 0.2) is 6.61 Å². The van der Waals surface area contributed by atoms with Crippen molar-refractivity contribution in [3.05, 3.63) is 46.7 Å². The van der Waals surface area contributed by atoms with Gasteiger partial charge in [-0.1, -0.05) is 0 Å². The normalized spacial score (nSPS) is 10.4. The first-order chi connectivity index (χ1) is 14.2. The molecule has 30 heavy (non-hydrogen) atoms. The maximum absolute atomic E-state index is 12.3. The van der Waals surface area contributed by atoms with Crippen molar-refractivity contribution in [2.75, 3.05) is 26.8 Å². The Morgan fingerprint density at radius 2 is 1.90 bits per heavy atom. The number of hydrogen-bond acceptors (Lipinski definition) is 7. The van der Waals surface area contributed by atoms with Crippen LogP contribution in [-0.2, 0) is 25.6 Å². The van der Waals surface area contributed by atoms with Gasteiger partial charge in [0.1, 0.15) is 11.5 Å². The second kappa shape index (κ2) is 10.3. The minimum Gasteiger partial charge on any atom is -0.467 e. The maximum atomic E-state index is 12.3. The molecule has 0 saturated carbocycles. The van der Waals surface area contributed by atoms with E-state index in [1.165, 1.54) is 13.3 Å². The number of ether oxygens (including phenoxy) is 2. The molecule has 2 aromatic heterocycles. The van der Waals surface area contributed by atoms with Crippen LogP contribution in [0.15, 0.2) is 22.8 Å². The number of nitrogens with zero attached hydrogens (tertiary/aromatic N) is 1. The Bertz CT molecular complexity index is 915. The van der Waals surface area contributed by atoms with E-state index in [4.69, 9.17) is 13.9 Å². The largest absolute Gasteiger partial charge is 0.467 e. The standard InChI is InChI=1S/C20H25N3O7/c1-5-28-19(26)17-12(2)18(22-13(17)3)20(27)30-11-16(25)23(4)10-15(24)21-9-14-7-6-8-29-14/h6-8,22H,5,9-11H2,1-4H3,(H,21,24). The van der Waals surface area contributed by atoms with Crippen LogP contribution in [0.3, 0.4) is 0 Å². The lowest BCUT2D eigenvalue weighted by atomic mass is 10.1. The molecule has 2 rings (SSSR count). The molecule has 0 aliphatic carbocycles. The lowest BCUT2D eigenvalue weighted by molar-refractivity contribution is -0.137. The van der Waals surface area contributed by atoms with Gasteiger partial charge in [-0.05, 0) is 38.5 Å². The van der Waals surface area contributed by atoms with Crippen LogP contribution >= 0.6 is 0 Å². The van der Waals surface area contributed by atoms with Gasteiger partial charge in [-0.25, -0.2) is 9.59 Å². The molecule has 0 unspecified atom stereocenters. The zero-order valence-electron chi connectivity index (χ0n) is 17.4. The summed E-state index contributed by atoms with van der Waals surface area (Å²) in [5.74, 6) is -1.68. The van der Waals surface area contributed by atoms with Crippen molar-refractivity contribution in [3.63, 3.8) is 0 Å². The molecule has 0 aliphatic rings. The number of amides is 2. The molecule has 0 spiro atoms. The fourth-order valence-corrected chi connectivity index (χ4v) is 2.73. The van der Waals surface area contributed by atoms with Gasteiger partial charge in [-0.3, -0.25) is 9.59 Å². The average molecular weight is 419 g/mol. The van der Waals surface area contributed by atoms with Crippen LogP contribution in [0, 0.1) is 13.8 Å². The number of furan rings is 1. The van der Waals surface area contributed by atoms with Gasteiger partial charge in [0, 0.05) is 12.7 Å². The molecule has 2 heterocycles. The van der Waals surface area contributed by atoms with Gasteiger partial charge < -0.3 is 29.1 Å². The van der Waals surface area contributed by atoms with Crippen molar-refractivity contribution >= 4 is 23.8 Å². The van der Waals surface area contributed by atoms with Gasteiger partial charge >= 0.3 is 11.9 Å². The molecule has 0 saturated heterocycles. The summed E-state index contributed by atoms with van der Waals surface area (Å²) < 4.78 is 15.1. The third kappa shape index (κ3) is 5.72. The molecule has 2 N–H and O–H groups in total. The summed E-state index contributed by atoms with van der Waals surface area (Å²) in [5.41, 5.74) is 1.19. The van der Waals surface area contributed by atoms with Gasteiger partial charge in [-0.2, -0.15) is 0 Å². The molecule has 2 aromatic rings. The second-order valence-corrected chi connectivity index (χ2v) is 6.53. The van der Waals surface area contributed by atoms with Crippen LogP contribution in [0.4, 0.5) is 0 Å². The quantitative estimate of drug-likeness (QED) is 0.586. The van der Waals surface area contributed by atoms with Crippen LogP contribution in [0.25, 0.3) is 0 Å². The van der Waals surface area contributed by atoms with Crippen molar-refractivity contribution in [1.82, 2.24) is 15.2 Å². The van der Waals surface area contributed by atoms with Crippen molar-refractivity contribution in [1.29, 1.82) is 0 Å². The molecular weight excluding hydrogens is 394 g/mol. The van der Waals surface area contributed by atoms with Gasteiger partial charge in [0.25, 0.3) is 5.91 Å². The van der Waals surface area contributed by atoms with E-state index in [2.05, 4.69) is 10.3 Å². The first kappa shape index (κ1) is 22.7. The van der Waals surface area contributed by atoms with E-state index < -0.39 is 24.5 Å². The fraction of sp³-hybridized carbons (Fsp3) is 0.400. The number of carbonyl (C=O) groups excluding carboxylic acids is 4. The zero-order chi connectivity index (χ0) is 22.3. The van der Waals surface area contributed by atoms with Crippen molar-refractivity contribution in [2.45, 2.75) is 27.3 Å². The second-order valence-electron chi connectivity index (χ2n) is 6.53. The summed E-state index contributed by atoms with van der Waals surface area (Å²) >= 11 is 0. The Kier molecular flexibility index (Phi) is 7.79. The highest BCUT2D eigenvalue weighted by Gasteiger charge is 2.24. The number of aromatic amines is 1. The van der Waals surface area contributed by atoms with Crippen LogP contribution in [-0.4, -0.2) is 60.4 Å². The highest BCUT2D eigenvalue weighted by molar-refractivity contribution is 5.99. The van der Waals surface area contributed by atoms with E-state index in [9.17, 15) is 19.2 Å². The summed E-state index contributed by atoms with van der Waals surface area (Å²) in [7, 11) is 1.42. The minimum atomic E-state index is -0.782. The molecule has 0 atom stereocenters. The Morgan fingerprint density at radius 1 is 1.17 bits per heavy atom. The van der Waals surface area contributed by atoms with Crippen LogP contribution in [0.5, 0.6) is 0 Å². The van der Waals surface area contributed by atoms with Crippen molar-refractivity contribution in [3.8, 4) is 0 Å². The molecule has 10 nitrogen and oxygen atoms in total. The molecule has 10 heteroatoms. The number of likely N-dealkylation sites (N-methyl/N-ethyl adjacent to an activating group) is 1. The van der Waals surface area contributed by atoms with E-state index >= 15 is 0 Å². The van der Waals surface area contributed by atoms with Gasteiger partial charge in [0.2, 0.25) is 5.91 Å². The number of esters is 2.